The van der Waals surface area contributed by atoms with Crippen molar-refractivity contribution in [3.05, 3.63) is 69.8 Å². The van der Waals surface area contributed by atoms with Crippen molar-refractivity contribution in [3.63, 3.8) is 0 Å². The van der Waals surface area contributed by atoms with E-state index in [2.05, 4.69) is 4.98 Å². The molecule has 3 rings (SSSR count). The van der Waals surface area contributed by atoms with Crippen molar-refractivity contribution in [2.24, 2.45) is 7.05 Å². The van der Waals surface area contributed by atoms with Crippen LogP contribution >= 0.6 is 11.8 Å². The fourth-order valence-electron chi connectivity index (χ4n) is 2.73. The van der Waals surface area contributed by atoms with E-state index in [0.717, 1.165) is 11.1 Å². The van der Waals surface area contributed by atoms with Crippen LogP contribution in [0.25, 0.3) is 10.9 Å². The molecule has 0 unspecified atom stereocenters. The van der Waals surface area contributed by atoms with Crippen LogP contribution in [0.2, 0.25) is 0 Å². The van der Waals surface area contributed by atoms with Crippen LogP contribution in [0, 0.1) is 12.7 Å². The van der Waals surface area contributed by atoms with Crippen LogP contribution in [0.4, 0.5) is 4.39 Å². The Morgan fingerprint density at radius 2 is 2.04 bits per heavy atom. The normalized spacial score (nSPS) is 11.0. The van der Waals surface area contributed by atoms with Gasteiger partial charge in [-0.15, -0.1) is 0 Å². The third-order valence-electron chi connectivity index (χ3n) is 4.25. The van der Waals surface area contributed by atoms with E-state index in [1.807, 2.05) is 25.1 Å². The average molecular weight is 385 g/mol. The first kappa shape index (κ1) is 19.1. The van der Waals surface area contributed by atoms with Gasteiger partial charge in [0.1, 0.15) is 5.82 Å². The van der Waals surface area contributed by atoms with Gasteiger partial charge in [-0.3, -0.25) is 14.2 Å². The summed E-state index contributed by atoms with van der Waals surface area (Å²) in [6.07, 6.45) is 0. The van der Waals surface area contributed by atoms with Gasteiger partial charge in [-0.2, -0.15) is 0 Å². The number of nitrogens with zero attached hydrogens (tertiary/aromatic N) is 3. The Labute approximate surface area is 160 Å². The Hall–Kier alpha value is -2.67. The number of hydrogen-bond donors (Lipinski definition) is 0. The topological polar surface area (TPSA) is 55.2 Å². The smallest absolute Gasteiger partial charge is 0.261 e. The molecule has 140 valence electrons. The lowest BCUT2D eigenvalue weighted by Gasteiger charge is -2.17. The number of fused-ring (bicyclic) bond motifs is 1. The predicted molar refractivity (Wildman–Crippen MR) is 105 cm³/mol. The summed E-state index contributed by atoms with van der Waals surface area (Å²) in [5.41, 5.74) is 2.21. The second-order valence-electron chi connectivity index (χ2n) is 6.45. The van der Waals surface area contributed by atoms with Crippen LogP contribution in [0.1, 0.15) is 11.1 Å². The molecule has 0 fully saturated rings. The highest BCUT2D eigenvalue weighted by Gasteiger charge is 2.14. The van der Waals surface area contributed by atoms with E-state index >= 15 is 0 Å². The lowest BCUT2D eigenvalue weighted by atomic mass is 10.2. The summed E-state index contributed by atoms with van der Waals surface area (Å²) in [7, 11) is 3.32. The van der Waals surface area contributed by atoms with Gasteiger partial charge in [-0.05, 0) is 36.8 Å². The van der Waals surface area contributed by atoms with Crippen molar-refractivity contribution in [3.8, 4) is 0 Å². The minimum absolute atomic E-state index is 0.123. The first-order chi connectivity index (χ1) is 12.8. The number of rotatable bonds is 5. The molecule has 0 N–H and O–H groups in total. The summed E-state index contributed by atoms with van der Waals surface area (Å²) in [6.45, 7) is 2.25. The maximum Gasteiger partial charge on any atom is 0.261 e. The number of carbonyl (C=O) groups excluding carboxylic acids is 1. The SMILES string of the molecule is Cc1ccc2nc(SCC(=O)N(C)Cc3cccc(F)c3)n(C)c(=O)c2c1. The number of thioether (sulfide) groups is 1. The zero-order chi connectivity index (χ0) is 19.6. The van der Waals surface area contributed by atoms with E-state index in [1.165, 1.54) is 33.4 Å². The lowest BCUT2D eigenvalue weighted by Crippen LogP contribution is -2.28. The molecule has 3 aromatic rings. The van der Waals surface area contributed by atoms with Crippen molar-refractivity contribution in [1.29, 1.82) is 0 Å². The highest BCUT2D eigenvalue weighted by molar-refractivity contribution is 7.99. The molecule has 0 atom stereocenters. The lowest BCUT2D eigenvalue weighted by molar-refractivity contribution is -0.127. The number of hydrogen-bond acceptors (Lipinski definition) is 4. The van der Waals surface area contributed by atoms with Gasteiger partial charge in [-0.25, -0.2) is 9.37 Å². The van der Waals surface area contributed by atoms with Crippen LogP contribution < -0.4 is 5.56 Å². The molecule has 2 aromatic carbocycles. The molecule has 0 radical (unpaired) electrons. The van der Waals surface area contributed by atoms with Gasteiger partial charge in [0.15, 0.2) is 5.16 Å². The summed E-state index contributed by atoms with van der Waals surface area (Å²) in [4.78, 5) is 31.0. The Morgan fingerprint density at radius 3 is 2.78 bits per heavy atom. The Bertz CT molecular complexity index is 1060. The highest BCUT2D eigenvalue weighted by Crippen LogP contribution is 2.18. The number of benzene rings is 2. The molecular weight excluding hydrogens is 365 g/mol. The third-order valence-corrected chi connectivity index (χ3v) is 5.26. The predicted octanol–water partition coefficient (Wildman–Crippen LogP) is 3.13. The highest BCUT2D eigenvalue weighted by atomic mass is 32.2. The molecule has 1 aromatic heterocycles. The maximum absolute atomic E-state index is 13.3. The van der Waals surface area contributed by atoms with Gasteiger partial charge in [0.05, 0.1) is 16.7 Å². The average Bonchev–Trinajstić information content (AvgIpc) is 2.63. The van der Waals surface area contributed by atoms with E-state index in [4.69, 9.17) is 0 Å². The molecule has 0 spiro atoms. The van der Waals surface area contributed by atoms with E-state index < -0.39 is 0 Å². The van der Waals surface area contributed by atoms with Crippen LogP contribution in [0.3, 0.4) is 0 Å². The molecule has 0 bridgehead atoms. The minimum Gasteiger partial charge on any atom is -0.341 e. The molecule has 27 heavy (non-hydrogen) atoms. The monoisotopic (exact) mass is 385 g/mol. The number of carbonyl (C=O) groups is 1. The number of amides is 1. The summed E-state index contributed by atoms with van der Waals surface area (Å²) in [5, 5.41) is 1.06. The first-order valence-corrected chi connectivity index (χ1v) is 9.42. The summed E-state index contributed by atoms with van der Waals surface area (Å²) in [5.74, 6) is -0.306. The van der Waals surface area contributed by atoms with Crippen molar-refractivity contribution in [2.75, 3.05) is 12.8 Å². The first-order valence-electron chi connectivity index (χ1n) is 8.44. The Kier molecular flexibility index (Phi) is 5.60. The fraction of sp³-hybridized carbons (Fsp3) is 0.250. The van der Waals surface area contributed by atoms with Gasteiger partial charge in [0.25, 0.3) is 5.56 Å². The largest absolute Gasteiger partial charge is 0.341 e. The van der Waals surface area contributed by atoms with E-state index in [-0.39, 0.29) is 23.0 Å². The van der Waals surface area contributed by atoms with E-state index in [0.29, 0.717) is 22.6 Å². The van der Waals surface area contributed by atoms with Crippen LogP contribution in [-0.4, -0.2) is 33.2 Å². The van der Waals surface area contributed by atoms with E-state index in [1.54, 1.807) is 26.2 Å². The van der Waals surface area contributed by atoms with Crippen molar-refractivity contribution in [1.82, 2.24) is 14.5 Å². The number of aryl methyl sites for hydroxylation is 1. The summed E-state index contributed by atoms with van der Waals surface area (Å²) in [6, 6.07) is 11.7. The number of halogens is 1. The molecule has 0 saturated carbocycles. The third kappa shape index (κ3) is 4.36. The molecule has 0 saturated heterocycles. The quantitative estimate of drug-likeness (QED) is 0.500. The fourth-order valence-corrected chi connectivity index (χ4v) is 3.64. The maximum atomic E-state index is 13.3. The zero-order valence-corrected chi connectivity index (χ0v) is 16.2. The molecule has 0 aliphatic carbocycles. The molecular formula is C20H20FN3O2S. The molecule has 5 nitrogen and oxygen atoms in total. The van der Waals surface area contributed by atoms with Crippen molar-refractivity contribution < 1.29 is 9.18 Å². The van der Waals surface area contributed by atoms with Gasteiger partial charge < -0.3 is 4.90 Å². The Morgan fingerprint density at radius 1 is 1.26 bits per heavy atom. The van der Waals surface area contributed by atoms with Crippen molar-refractivity contribution in [2.45, 2.75) is 18.6 Å². The Balaban J connectivity index is 1.72. The second kappa shape index (κ2) is 7.92. The molecule has 1 heterocycles. The van der Waals surface area contributed by atoms with Crippen molar-refractivity contribution >= 4 is 28.6 Å². The molecule has 7 heteroatoms. The van der Waals surface area contributed by atoms with Crippen LogP contribution in [-0.2, 0) is 18.4 Å². The van der Waals surface area contributed by atoms with Gasteiger partial charge in [-0.1, -0.05) is 35.5 Å². The number of aromatic nitrogens is 2. The summed E-state index contributed by atoms with van der Waals surface area (Å²) < 4.78 is 14.7. The van der Waals surface area contributed by atoms with Crippen LogP contribution in [0.15, 0.2) is 52.4 Å². The zero-order valence-electron chi connectivity index (χ0n) is 15.4. The minimum atomic E-state index is -0.326. The van der Waals surface area contributed by atoms with Gasteiger partial charge >= 0.3 is 0 Å². The molecule has 0 aliphatic heterocycles. The van der Waals surface area contributed by atoms with E-state index in [9.17, 15) is 14.0 Å². The van der Waals surface area contributed by atoms with Crippen LogP contribution in [0.5, 0.6) is 0 Å². The second-order valence-corrected chi connectivity index (χ2v) is 7.39. The molecule has 1 amide bonds. The van der Waals surface area contributed by atoms with Gasteiger partial charge in [0, 0.05) is 20.6 Å². The van der Waals surface area contributed by atoms with Gasteiger partial charge in [0.2, 0.25) is 5.91 Å². The molecule has 0 aliphatic rings. The standard InChI is InChI=1S/C20H20FN3O2S/c1-13-7-8-17-16(9-13)19(26)24(3)20(22-17)27-12-18(25)23(2)11-14-5-4-6-15(21)10-14/h4-10H,11-12H2,1-3H3. The summed E-state index contributed by atoms with van der Waals surface area (Å²) >= 11 is 1.22.